The predicted molar refractivity (Wildman–Crippen MR) is 101 cm³/mol. The molecule has 5 rings (SSSR count). The van der Waals surface area contributed by atoms with E-state index in [-0.39, 0.29) is 17.1 Å². The number of hydrogen-bond acceptors (Lipinski definition) is 4. The van der Waals surface area contributed by atoms with Crippen LogP contribution in [0.3, 0.4) is 0 Å². The summed E-state index contributed by atoms with van der Waals surface area (Å²) in [5.41, 5.74) is 2.66. The molecule has 2 heterocycles. The maximum absolute atomic E-state index is 6.66. The Bertz CT molecular complexity index is 793. The van der Waals surface area contributed by atoms with Crippen molar-refractivity contribution in [2.45, 2.75) is 63.2 Å². The maximum Gasteiger partial charge on any atom is 0.166 e. The summed E-state index contributed by atoms with van der Waals surface area (Å²) < 4.78 is 18.7. The van der Waals surface area contributed by atoms with E-state index in [9.17, 15) is 0 Å². The number of likely N-dealkylation sites (N-methyl/N-ethyl adjacent to an activating group) is 1. The molecule has 2 bridgehead atoms. The van der Waals surface area contributed by atoms with E-state index in [0.717, 1.165) is 43.1 Å². The van der Waals surface area contributed by atoms with Crippen LogP contribution in [0.25, 0.3) is 0 Å². The van der Waals surface area contributed by atoms with Crippen LogP contribution in [-0.4, -0.2) is 43.3 Å². The van der Waals surface area contributed by atoms with Gasteiger partial charge in [-0.1, -0.05) is 6.07 Å². The number of methoxy groups -OCH3 is 1. The van der Waals surface area contributed by atoms with Crippen LogP contribution in [0.5, 0.6) is 11.5 Å². The van der Waals surface area contributed by atoms with Crippen molar-refractivity contribution in [3.8, 4) is 11.5 Å². The summed E-state index contributed by atoms with van der Waals surface area (Å²) in [6.45, 7) is 7.46. The molecule has 1 spiro atoms. The summed E-state index contributed by atoms with van der Waals surface area (Å²) in [7, 11) is 4.02. The lowest BCUT2D eigenvalue weighted by Gasteiger charge is -2.57. The van der Waals surface area contributed by atoms with Gasteiger partial charge in [0, 0.05) is 17.0 Å². The second kappa shape index (κ2) is 5.19. The molecule has 1 fully saturated rings. The highest BCUT2D eigenvalue weighted by Gasteiger charge is 2.64. The largest absolute Gasteiger partial charge is 0.493 e. The Morgan fingerprint density at radius 1 is 1.27 bits per heavy atom. The van der Waals surface area contributed by atoms with Gasteiger partial charge in [0.05, 0.1) is 7.11 Å². The Morgan fingerprint density at radius 2 is 2.08 bits per heavy atom. The van der Waals surface area contributed by atoms with Crippen LogP contribution in [0, 0.1) is 5.92 Å². The predicted octanol–water partition coefficient (Wildman–Crippen LogP) is 3.67. The summed E-state index contributed by atoms with van der Waals surface area (Å²) in [4.78, 5) is 2.56. The molecule has 1 aromatic rings. The highest BCUT2D eigenvalue weighted by Crippen LogP contribution is 2.63. The standard InChI is InChI=1S/C22H29NO3/c1-21(2,3)26-17-9-7-14-15-12-13-6-8-16(24-5)19-18(13)22(14,20(17)25-19)10-11-23(15)4/h6,8-9,14-15,20H,7,10-12H2,1-5H3/t14-,15+,20-,22-/m0/s1. The molecule has 0 aromatic heterocycles. The molecule has 0 unspecified atom stereocenters. The summed E-state index contributed by atoms with van der Waals surface area (Å²) in [6.07, 6.45) is 5.56. The van der Waals surface area contributed by atoms with Crippen LogP contribution >= 0.6 is 0 Å². The van der Waals surface area contributed by atoms with E-state index < -0.39 is 0 Å². The van der Waals surface area contributed by atoms with E-state index in [1.807, 2.05) is 0 Å². The molecule has 1 saturated heterocycles. The van der Waals surface area contributed by atoms with Gasteiger partial charge in [-0.2, -0.15) is 0 Å². The molecule has 4 heteroatoms. The van der Waals surface area contributed by atoms with Gasteiger partial charge in [0.25, 0.3) is 0 Å². The van der Waals surface area contributed by atoms with E-state index >= 15 is 0 Å². The van der Waals surface area contributed by atoms with Gasteiger partial charge in [0.1, 0.15) is 11.4 Å². The fourth-order valence-electron chi connectivity index (χ4n) is 5.92. The van der Waals surface area contributed by atoms with Gasteiger partial charge in [-0.3, -0.25) is 0 Å². The van der Waals surface area contributed by atoms with E-state index in [0.29, 0.717) is 12.0 Å². The normalized spacial score (nSPS) is 34.7. The third kappa shape index (κ3) is 1.99. The van der Waals surface area contributed by atoms with E-state index in [4.69, 9.17) is 14.2 Å². The Morgan fingerprint density at radius 3 is 2.81 bits per heavy atom. The SMILES string of the molecule is COc1ccc2c3c1O[C@H]1C(OC(C)(C)C)=CC[C@H]4[C@@H](C2)N(C)CC[C@]314. The van der Waals surface area contributed by atoms with E-state index in [1.54, 1.807) is 7.11 Å². The van der Waals surface area contributed by atoms with Crippen molar-refractivity contribution in [1.82, 2.24) is 4.90 Å². The number of piperidine rings is 1. The van der Waals surface area contributed by atoms with Crippen LogP contribution in [0.4, 0.5) is 0 Å². The number of likely N-dealkylation sites (tertiary alicyclic amines) is 1. The average Bonchev–Trinajstić information content (AvgIpc) is 2.93. The van der Waals surface area contributed by atoms with Crippen LogP contribution < -0.4 is 9.47 Å². The first-order valence-electron chi connectivity index (χ1n) is 9.81. The molecular weight excluding hydrogens is 326 g/mol. The van der Waals surface area contributed by atoms with Gasteiger partial charge >= 0.3 is 0 Å². The zero-order valence-corrected chi connectivity index (χ0v) is 16.5. The van der Waals surface area contributed by atoms with Crippen LogP contribution in [0.2, 0.25) is 0 Å². The average molecular weight is 355 g/mol. The molecule has 0 saturated carbocycles. The van der Waals surface area contributed by atoms with E-state index in [2.05, 4.69) is 50.9 Å². The van der Waals surface area contributed by atoms with Gasteiger partial charge in [-0.15, -0.1) is 0 Å². The van der Waals surface area contributed by atoms with E-state index in [1.165, 1.54) is 11.1 Å². The number of benzene rings is 1. The Hall–Kier alpha value is -1.68. The zero-order valence-electron chi connectivity index (χ0n) is 16.5. The monoisotopic (exact) mass is 355 g/mol. The molecule has 4 nitrogen and oxygen atoms in total. The molecule has 1 aromatic carbocycles. The number of rotatable bonds is 2. The topological polar surface area (TPSA) is 30.9 Å². The molecule has 26 heavy (non-hydrogen) atoms. The molecule has 0 radical (unpaired) electrons. The van der Waals surface area contributed by atoms with Crippen molar-refractivity contribution < 1.29 is 14.2 Å². The van der Waals surface area contributed by atoms with Crippen molar-refractivity contribution >= 4 is 0 Å². The minimum absolute atomic E-state index is 0.0259. The van der Waals surface area contributed by atoms with Gasteiger partial charge in [-0.25, -0.2) is 0 Å². The van der Waals surface area contributed by atoms with Gasteiger partial charge in [0.15, 0.2) is 17.6 Å². The van der Waals surface area contributed by atoms with Crippen molar-refractivity contribution in [2.75, 3.05) is 20.7 Å². The number of ether oxygens (including phenoxy) is 3. The maximum atomic E-state index is 6.66. The first-order valence-corrected chi connectivity index (χ1v) is 9.81. The summed E-state index contributed by atoms with van der Waals surface area (Å²) >= 11 is 0. The second-order valence-electron chi connectivity index (χ2n) is 9.33. The lowest BCUT2D eigenvalue weighted by Crippen LogP contribution is -2.63. The van der Waals surface area contributed by atoms with Crippen molar-refractivity contribution in [1.29, 1.82) is 0 Å². The first-order chi connectivity index (χ1) is 12.3. The summed E-state index contributed by atoms with van der Waals surface area (Å²) in [5.74, 6) is 3.43. The fraction of sp³-hybridized carbons (Fsp3) is 0.636. The highest BCUT2D eigenvalue weighted by molar-refractivity contribution is 5.62. The number of nitrogens with zero attached hydrogens (tertiary/aromatic N) is 1. The minimum atomic E-state index is -0.222. The molecule has 2 aliphatic heterocycles. The second-order valence-corrected chi connectivity index (χ2v) is 9.33. The van der Waals surface area contributed by atoms with Crippen LogP contribution in [-0.2, 0) is 16.6 Å². The van der Waals surface area contributed by atoms with Crippen molar-refractivity contribution in [3.05, 3.63) is 35.1 Å². The molecule has 140 valence electrons. The lowest BCUT2D eigenvalue weighted by molar-refractivity contribution is -0.0548. The molecule has 4 aliphatic rings. The quantitative estimate of drug-likeness (QED) is 0.810. The molecule has 2 aliphatic carbocycles. The van der Waals surface area contributed by atoms with Crippen molar-refractivity contribution in [2.24, 2.45) is 5.92 Å². The lowest BCUT2D eigenvalue weighted by atomic mass is 9.53. The van der Waals surface area contributed by atoms with Crippen LogP contribution in [0.1, 0.15) is 44.7 Å². The highest BCUT2D eigenvalue weighted by atomic mass is 16.6. The first kappa shape index (κ1) is 16.5. The summed E-state index contributed by atoms with van der Waals surface area (Å²) in [6, 6.07) is 4.91. The Balaban J connectivity index is 1.72. The van der Waals surface area contributed by atoms with Gasteiger partial charge < -0.3 is 19.1 Å². The summed E-state index contributed by atoms with van der Waals surface area (Å²) in [5, 5.41) is 0. The van der Waals surface area contributed by atoms with Crippen molar-refractivity contribution in [3.63, 3.8) is 0 Å². The number of hydrogen-bond donors (Lipinski definition) is 0. The van der Waals surface area contributed by atoms with Gasteiger partial charge in [0.2, 0.25) is 0 Å². The fourth-order valence-corrected chi connectivity index (χ4v) is 5.92. The smallest absolute Gasteiger partial charge is 0.166 e. The molecule has 0 amide bonds. The molecule has 4 atom stereocenters. The van der Waals surface area contributed by atoms with Gasteiger partial charge in [-0.05, 0) is 77.2 Å². The van der Waals surface area contributed by atoms with Crippen LogP contribution in [0.15, 0.2) is 24.0 Å². The Labute approximate surface area is 156 Å². The third-order valence-corrected chi connectivity index (χ3v) is 6.85. The number of allylic oxidation sites excluding steroid dienone is 1. The third-order valence-electron chi connectivity index (χ3n) is 6.85. The Kier molecular flexibility index (Phi) is 3.29. The zero-order chi connectivity index (χ0) is 18.3. The molecule has 0 N–H and O–H groups in total. The molecular formula is C22H29NO3. The minimum Gasteiger partial charge on any atom is -0.493 e.